The lowest BCUT2D eigenvalue weighted by Gasteiger charge is -2.14. The molecule has 19 heavy (non-hydrogen) atoms. The predicted octanol–water partition coefficient (Wildman–Crippen LogP) is 2.05. The Bertz CT molecular complexity index is 715. The fraction of sp³-hybridized carbons (Fsp3) is 0.250. The molecule has 108 valence electrons. The zero-order valence-electron chi connectivity index (χ0n) is 9.48. The minimum absolute atomic E-state index is 0.105. The van der Waals surface area contributed by atoms with Gasteiger partial charge in [-0.15, -0.1) is 3.89 Å². The van der Waals surface area contributed by atoms with E-state index in [4.69, 9.17) is 15.4 Å². The molecule has 0 heterocycles. The highest BCUT2D eigenvalue weighted by Crippen LogP contribution is 2.45. The standard InChI is InChI=1S/C8H7BrClFO6S2/c1-16-6-4(9)3-5(18(10,12)13)7(17-2)8(6)19(11,14)15/h3H,1-2H3. The van der Waals surface area contributed by atoms with Crippen LogP contribution < -0.4 is 9.47 Å². The summed E-state index contributed by atoms with van der Waals surface area (Å²) in [5.74, 6) is -1.18. The molecule has 0 fully saturated rings. The van der Waals surface area contributed by atoms with Crippen molar-refractivity contribution in [3.05, 3.63) is 10.5 Å². The monoisotopic (exact) mass is 396 g/mol. The maximum Gasteiger partial charge on any atom is 0.339 e. The molecule has 0 unspecified atom stereocenters. The van der Waals surface area contributed by atoms with E-state index >= 15 is 0 Å². The van der Waals surface area contributed by atoms with E-state index in [1.807, 2.05) is 0 Å². The maximum absolute atomic E-state index is 13.3. The van der Waals surface area contributed by atoms with Gasteiger partial charge in [0.2, 0.25) is 0 Å². The topological polar surface area (TPSA) is 86.7 Å². The SMILES string of the molecule is COc1c(Br)cc(S(=O)(=O)Cl)c(OC)c1S(=O)(=O)F. The van der Waals surface area contributed by atoms with Crippen molar-refractivity contribution in [1.82, 2.24) is 0 Å². The first-order chi connectivity index (χ1) is 8.54. The summed E-state index contributed by atoms with van der Waals surface area (Å²) in [7, 11) is -2.44. The van der Waals surface area contributed by atoms with Gasteiger partial charge in [0.1, 0.15) is 4.90 Å². The van der Waals surface area contributed by atoms with Gasteiger partial charge in [0, 0.05) is 10.7 Å². The van der Waals surface area contributed by atoms with Gasteiger partial charge in [0.25, 0.3) is 9.05 Å². The Hall–Kier alpha value is -0.580. The zero-order valence-corrected chi connectivity index (χ0v) is 13.5. The van der Waals surface area contributed by atoms with Gasteiger partial charge in [0.15, 0.2) is 16.4 Å². The summed E-state index contributed by atoms with van der Waals surface area (Å²) >= 11 is 2.87. The molecule has 1 aromatic carbocycles. The van der Waals surface area contributed by atoms with Crippen molar-refractivity contribution in [2.24, 2.45) is 0 Å². The van der Waals surface area contributed by atoms with Crippen molar-refractivity contribution < 1.29 is 30.2 Å². The van der Waals surface area contributed by atoms with Crippen LogP contribution in [0.25, 0.3) is 0 Å². The molecule has 0 aromatic heterocycles. The smallest absolute Gasteiger partial charge is 0.339 e. The Labute approximate surface area is 122 Å². The molecule has 0 saturated heterocycles. The summed E-state index contributed by atoms with van der Waals surface area (Å²) in [5, 5.41) is 0. The molecule has 11 heteroatoms. The third-order valence-corrected chi connectivity index (χ3v) is 4.80. The van der Waals surface area contributed by atoms with Crippen molar-refractivity contribution in [2.75, 3.05) is 14.2 Å². The molecular formula is C8H7BrClFO6S2. The van der Waals surface area contributed by atoms with Crippen LogP contribution in [0.2, 0.25) is 0 Å². The third-order valence-electron chi connectivity index (χ3n) is 2.03. The summed E-state index contributed by atoms with van der Waals surface area (Å²) in [5.41, 5.74) is 0. The Morgan fingerprint density at radius 2 is 1.63 bits per heavy atom. The van der Waals surface area contributed by atoms with Crippen molar-refractivity contribution in [1.29, 1.82) is 0 Å². The summed E-state index contributed by atoms with van der Waals surface area (Å²) < 4.78 is 67.6. The predicted molar refractivity (Wildman–Crippen MR) is 68.6 cm³/mol. The van der Waals surface area contributed by atoms with E-state index < -0.39 is 40.6 Å². The van der Waals surface area contributed by atoms with Crippen LogP contribution in [0.4, 0.5) is 3.89 Å². The fourth-order valence-corrected chi connectivity index (χ4v) is 4.13. The summed E-state index contributed by atoms with van der Waals surface area (Å²) in [6.45, 7) is 0. The molecule has 0 aliphatic carbocycles. The Balaban J connectivity index is 4.02. The molecule has 6 nitrogen and oxygen atoms in total. The largest absolute Gasteiger partial charge is 0.494 e. The number of ether oxygens (including phenoxy) is 2. The molecule has 0 radical (unpaired) electrons. The molecule has 0 spiro atoms. The lowest BCUT2D eigenvalue weighted by molar-refractivity contribution is 0.361. The number of halogens is 3. The van der Waals surface area contributed by atoms with Gasteiger partial charge >= 0.3 is 10.2 Å². The van der Waals surface area contributed by atoms with E-state index in [1.54, 1.807) is 0 Å². The Morgan fingerprint density at radius 1 is 1.16 bits per heavy atom. The van der Waals surface area contributed by atoms with Crippen LogP contribution in [0, 0.1) is 0 Å². The van der Waals surface area contributed by atoms with E-state index in [0.717, 1.165) is 20.3 Å². The van der Waals surface area contributed by atoms with E-state index in [9.17, 15) is 20.7 Å². The second kappa shape index (κ2) is 5.43. The van der Waals surface area contributed by atoms with E-state index in [0.29, 0.717) is 0 Å². The van der Waals surface area contributed by atoms with Gasteiger partial charge in [0.05, 0.1) is 18.7 Å². The fourth-order valence-electron chi connectivity index (χ4n) is 1.36. The van der Waals surface area contributed by atoms with E-state index in [2.05, 4.69) is 20.7 Å². The van der Waals surface area contributed by atoms with E-state index in [1.165, 1.54) is 0 Å². The van der Waals surface area contributed by atoms with Crippen LogP contribution in [0.15, 0.2) is 20.3 Å². The van der Waals surface area contributed by atoms with Crippen molar-refractivity contribution >= 4 is 45.9 Å². The highest BCUT2D eigenvalue weighted by atomic mass is 79.9. The maximum atomic E-state index is 13.3. The van der Waals surface area contributed by atoms with Crippen LogP contribution in [-0.2, 0) is 19.3 Å². The molecule has 0 N–H and O–H groups in total. The first-order valence-electron chi connectivity index (χ1n) is 4.37. The molecule has 0 aliphatic heterocycles. The molecule has 0 bridgehead atoms. The molecule has 0 atom stereocenters. The van der Waals surface area contributed by atoms with Crippen molar-refractivity contribution in [3.8, 4) is 11.5 Å². The third kappa shape index (κ3) is 3.30. The van der Waals surface area contributed by atoms with Crippen LogP contribution >= 0.6 is 26.6 Å². The lowest BCUT2D eigenvalue weighted by Crippen LogP contribution is -2.06. The molecule has 1 rings (SSSR count). The minimum atomic E-state index is -5.30. The molecule has 0 aliphatic rings. The van der Waals surface area contributed by atoms with Crippen molar-refractivity contribution in [2.45, 2.75) is 9.79 Å². The van der Waals surface area contributed by atoms with Crippen LogP contribution in [0.3, 0.4) is 0 Å². The first kappa shape index (κ1) is 16.5. The first-order valence-corrected chi connectivity index (χ1v) is 8.86. The highest BCUT2D eigenvalue weighted by Gasteiger charge is 2.32. The number of methoxy groups -OCH3 is 2. The highest BCUT2D eigenvalue weighted by molar-refractivity contribution is 9.10. The zero-order chi connectivity index (χ0) is 15.0. The Morgan fingerprint density at radius 3 is 1.95 bits per heavy atom. The lowest BCUT2D eigenvalue weighted by atomic mass is 10.3. The van der Waals surface area contributed by atoms with Gasteiger partial charge in [-0.25, -0.2) is 8.42 Å². The summed E-state index contributed by atoms with van der Waals surface area (Å²) in [4.78, 5) is -1.74. The molecule has 1 aromatic rings. The Kier molecular flexibility index (Phi) is 4.71. The van der Waals surface area contributed by atoms with Crippen LogP contribution in [0.5, 0.6) is 11.5 Å². The molecule has 0 saturated carbocycles. The van der Waals surface area contributed by atoms with Gasteiger partial charge in [-0.2, -0.15) is 8.42 Å². The number of benzene rings is 1. The second-order valence-electron chi connectivity index (χ2n) is 3.13. The molecule has 0 amide bonds. The number of hydrogen-bond acceptors (Lipinski definition) is 6. The quantitative estimate of drug-likeness (QED) is 0.723. The van der Waals surface area contributed by atoms with Gasteiger partial charge in [-0.3, -0.25) is 0 Å². The summed E-state index contributed by atoms with van der Waals surface area (Å²) in [6, 6.07) is 0.953. The van der Waals surface area contributed by atoms with Crippen LogP contribution in [0.1, 0.15) is 0 Å². The average molecular weight is 398 g/mol. The van der Waals surface area contributed by atoms with Crippen LogP contribution in [-0.4, -0.2) is 31.1 Å². The normalized spacial score (nSPS) is 12.3. The van der Waals surface area contributed by atoms with Gasteiger partial charge in [-0.1, -0.05) is 0 Å². The van der Waals surface area contributed by atoms with E-state index in [-0.39, 0.29) is 4.47 Å². The summed E-state index contributed by atoms with van der Waals surface area (Å²) in [6.07, 6.45) is 0. The second-order valence-corrected chi connectivity index (χ2v) is 7.80. The number of rotatable bonds is 4. The van der Waals surface area contributed by atoms with Gasteiger partial charge in [-0.05, 0) is 22.0 Å². The van der Waals surface area contributed by atoms with Gasteiger partial charge < -0.3 is 9.47 Å². The van der Waals surface area contributed by atoms with Crippen molar-refractivity contribution in [3.63, 3.8) is 0 Å². The average Bonchev–Trinajstić information content (AvgIpc) is 2.24. The number of hydrogen-bond donors (Lipinski definition) is 0. The minimum Gasteiger partial charge on any atom is -0.494 e. The molecular weight excluding hydrogens is 391 g/mol.